The van der Waals surface area contributed by atoms with Gasteiger partial charge in [-0.25, -0.2) is 0 Å². The number of rotatable bonds is 4. The number of halogens is 1. The van der Waals surface area contributed by atoms with Gasteiger partial charge in [-0.05, 0) is 44.0 Å². The first-order valence-corrected chi connectivity index (χ1v) is 8.05. The fourth-order valence-electron chi connectivity index (χ4n) is 2.76. The van der Waals surface area contributed by atoms with Crippen molar-refractivity contribution < 1.29 is 9.32 Å². The molecule has 1 atom stereocenters. The average molecular weight is 335 g/mol. The van der Waals surface area contributed by atoms with Crippen LogP contribution in [0.5, 0.6) is 0 Å². The first-order chi connectivity index (χ1) is 11.0. The van der Waals surface area contributed by atoms with Gasteiger partial charge in [-0.2, -0.15) is 4.98 Å². The van der Waals surface area contributed by atoms with E-state index < -0.39 is 5.54 Å². The average Bonchev–Trinajstić information content (AvgIpc) is 3.18. The highest BCUT2D eigenvalue weighted by Gasteiger charge is 2.37. The third-order valence-electron chi connectivity index (χ3n) is 4.22. The molecule has 1 unspecified atom stereocenters. The van der Waals surface area contributed by atoms with Crippen molar-refractivity contribution in [3.8, 4) is 11.5 Å². The van der Waals surface area contributed by atoms with Crippen LogP contribution in [0.4, 0.5) is 0 Å². The number of aromatic nitrogens is 2. The highest BCUT2D eigenvalue weighted by molar-refractivity contribution is 6.30. The van der Waals surface area contributed by atoms with Gasteiger partial charge in [0.25, 0.3) is 5.89 Å². The summed E-state index contributed by atoms with van der Waals surface area (Å²) < 4.78 is 5.26. The lowest BCUT2D eigenvalue weighted by molar-refractivity contribution is -0.126. The Morgan fingerprint density at radius 1 is 1.35 bits per heavy atom. The van der Waals surface area contributed by atoms with Crippen molar-refractivity contribution in [1.29, 1.82) is 0 Å². The van der Waals surface area contributed by atoms with Gasteiger partial charge in [-0.1, -0.05) is 29.6 Å². The van der Waals surface area contributed by atoms with E-state index in [-0.39, 0.29) is 11.9 Å². The molecule has 0 bridgehead atoms. The number of carbonyl (C=O) groups is 1. The van der Waals surface area contributed by atoms with Crippen molar-refractivity contribution in [2.75, 3.05) is 0 Å². The molecule has 1 fully saturated rings. The van der Waals surface area contributed by atoms with Gasteiger partial charge in [0, 0.05) is 10.6 Å². The van der Waals surface area contributed by atoms with Crippen molar-refractivity contribution in [3.63, 3.8) is 0 Å². The zero-order chi connectivity index (χ0) is 16.4. The summed E-state index contributed by atoms with van der Waals surface area (Å²) in [6.07, 6.45) is 3.41. The lowest BCUT2D eigenvalue weighted by Crippen LogP contribution is -2.52. The summed E-state index contributed by atoms with van der Waals surface area (Å²) in [6.45, 7) is 1.81. The van der Waals surface area contributed by atoms with E-state index in [4.69, 9.17) is 21.9 Å². The highest BCUT2D eigenvalue weighted by Crippen LogP contribution is 2.28. The molecule has 23 heavy (non-hydrogen) atoms. The van der Waals surface area contributed by atoms with Gasteiger partial charge in [-0.3, -0.25) is 4.79 Å². The fourth-order valence-corrected chi connectivity index (χ4v) is 2.88. The van der Waals surface area contributed by atoms with Crippen LogP contribution in [-0.2, 0) is 4.79 Å². The Balaban J connectivity index is 1.70. The largest absolute Gasteiger partial charge is 0.345 e. The third-order valence-corrected chi connectivity index (χ3v) is 4.47. The molecule has 1 aliphatic carbocycles. The summed E-state index contributed by atoms with van der Waals surface area (Å²) in [4.78, 5) is 16.7. The molecule has 1 saturated carbocycles. The second-order valence-corrected chi connectivity index (χ2v) is 6.46. The minimum absolute atomic E-state index is 0.152. The van der Waals surface area contributed by atoms with Gasteiger partial charge in [-0.15, -0.1) is 0 Å². The van der Waals surface area contributed by atoms with Gasteiger partial charge in [0.1, 0.15) is 0 Å². The summed E-state index contributed by atoms with van der Waals surface area (Å²) >= 11 is 5.86. The molecule has 0 radical (unpaired) electrons. The molecule has 2 aromatic rings. The second-order valence-electron chi connectivity index (χ2n) is 6.02. The molecule has 1 aromatic carbocycles. The molecular weight excluding hydrogens is 316 g/mol. The van der Waals surface area contributed by atoms with Crippen LogP contribution in [0.2, 0.25) is 5.02 Å². The standard InChI is InChI=1S/C16H19ClN4O2/c1-10(19-15(22)16(18)8-2-3-9-16)13-20-14(23-21-13)11-4-6-12(17)7-5-11/h4-7,10H,2-3,8-9,18H2,1H3,(H,19,22). The molecule has 122 valence electrons. The van der Waals surface area contributed by atoms with Crippen molar-refractivity contribution in [2.24, 2.45) is 5.73 Å². The number of hydrogen-bond donors (Lipinski definition) is 2. The summed E-state index contributed by atoms with van der Waals surface area (Å²) in [5.74, 6) is 0.659. The Labute approximate surface area is 139 Å². The van der Waals surface area contributed by atoms with E-state index in [2.05, 4.69) is 15.5 Å². The summed E-state index contributed by atoms with van der Waals surface area (Å²) in [5.41, 5.74) is 6.16. The summed E-state index contributed by atoms with van der Waals surface area (Å²) in [5, 5.41) is 7.46. The van der Waals surface area contributed by atoms with Crippen molar-refractivity contribution >= 4 is 17.5 Å². The number of nitrogens with two attached hydrogens (primary N) is 1. The molecule has 0 spiro atoms. The van der Waals surface area contributed by atoms with Gasteiger partial charge in [0.2, 0.25) is 5.91 Å². The van der Waals surface area contributed by atoms with E-state index in [1.807, 2.05) is 6.92 Å². The first-order valence-electron chi connectivity index (χ1n) is 7.67. The van der Waals surface area contributed by atoms with Crippen LogP contribution < -0.4 is 11.1 Å². The van der Waals surface area contributed by atoms with Gasteiger partial charge in [0.15, 0.2) is 5.82 Å². The van der Waals surface area contributed by atoms with Gasteiger partial charge >= 0.3 is 0 Å². The van der Waals surface area contributed by atoms with Crippen LogP contribution in [0.3, 0.4) is 0 Å². The van der Waals surface area contributed by atoms with E-state index in [1.165, 1.54) is 0 Å². The highest BCUT2D eigenvalue weighted by atomic mass is 35.5. The molecule has 0 saturated heterocycles. The molecule has 3 N–H and O–H groups in total. The topological polar surface area (TPSA) is 94.0 Å². The first kappa shape index (κ1) is 16.0. The summed E-state index contributed by atoms with van der Waals surface area (Å²) in [7, 11) is 0. The van der Waals surface area contributed by atoms with Crippen LogP contribution in [0, 0.1) is 0 Å². The smallest absolute Gasteiger partial charge is 0.257 e. The number of hydrogen-bond acceptors (Lipinski definition) is 5. The minimum Gasteiger partial charge on any atom is -0.345 e. The van der Waals surface area contributed by atoms with E-state index in [0.29, 0.717) is 29.6 Å². The van der Waals surface area contributed by atoms with Crippen LogP contribution in [0.1, 0.15) is 44.5 Å². The zero-order valence-electron chi connectivity index (χ0n) is 12.9. The maximum Gasteiger partial charge on any atom is 0.257 e. The van der Waals surface area contributed by atoms with Gasteiger partial charge < -0.3 is 15.6 Å². The predicted octanol–water partition coefficient (Wildman–Crippen LogP) is 2.84. The molecule has 3 rings (SSSR count). The Bertz CT molecular complexity index is 692. The number of amides is 1. The van der Waals surface area contributed by atoms with Crippen LogP contribution >= 0.6 is 11.6 Å². The van der Waals surface area contributed by atoms with E-state index in [1.54, 1.807) is 24.3 Å². The number of nitrogens with zero attached hydrogens (tertiary/aromatic N) is 2. The molecular formula is C16H19ClN4O2. The van der Waals surface area contributed by atoms with Crippen molar-refractivity contribution in [3.05, 3.63) is 35.1 Å². The molecule has 1 heterocycles. The lowest BCUT2D eigenvalue weighted by Gasteiger charge is -2.23. The van der Waals surface area contributed by atoms with Crippen molar-refractivity contribution in [2.45, 2.75) is 44.2 Å². The van der Waals surface area contributed by atoms with Crippen LogP contribution in [0.15, 0.2) is 28.8 Å². The van der Waals surface area contributed by atoms with Crippen molar-refractivity contribution in [1.82, 2.24) is 15.5 Å². The molecule has 0 aliphatic heterocycles. The zero-order valence-corrected chi connectivity index (χ0v) is 13.6. The third kappa shape index (κ3) is 3.38. The Morgan fingerprint density at radius 2 is 2.00 bits per heavy atom. The minimum atomic E-state index is -0.767. The lowest BCUT2D eigenvalue weighted by atomic mass is 9.98. The molecule has 6 nitrogen and oxygen atoms in total. The Kier molecular flexibility index (Phi) is 4.37. The monoisotopic (exact) mass is 334 g/mol. The van der Waals surface area contributed by atoms with E-state index >= 15 is 0 Å². The SMILES string of the molecule is CC(NC(=O)C1(N)CCCC1)c1noc(-c2ccc(Cl)cc2)n1. The number of nitrogens with one attached hydrogen (secondary N) is 1. The second kappa shape index (κ2) is 6.29. The number of benzene rings is 1. The Morgan fingerprint density at radius 3 is 2.65 bits per heavy atom. The molecule has 1 aliphatic rings. The molecule has 7 heteroatoms. The van der Waals surface area contributed by atoms with E-state index in [0.717, 1.165) is 18.4 Å². The van der Waals surface area contributed by atoms with Crippen LogP contribution in [-0.4, -0.2) is 21.6 Å². The predicted molar refractivity (Wildman–Crippen MR) is 86.7 cm³/mol. The normalized spacial score (nSPS) is 17.9. The van der Waals surface area contributed by atoms with Crippen LogP contribution in [0.25, 0.3) is 11.5 Å². The Hall–Kier alpha value is -1.92. The quantitative estimate of drug-likeness (QED) is 0.896. The number of carbonyl (C=O) groups excluding carboxylic acids is 1. The molecule has 1 amide bonds. The van der Waals surface area contributed by atoms with E-state index in [9.17, 15) is 4.79 Å². The maximum atomic E-state index is 12.3. The maximum absolute atomic E-state index is 12.3. The molecule has 1 aromatic heterocycles. The summed E-state index contributed by atoms with van der Waals surface area (Å²) in [6, 6.07) is 6.74. The fraction of sp³-hybridized carbons (Fsp3) is 0.438. The van der Waals surface area contributed by atoms with Gasteiger partial charge in [0.05, 0.1) is 11.6 Å².